The lowest BCUT2D eigenvalue weighted by molar-refractivity contribution is -0.119. The smallest absolute Gasteiger partial charge is 0.220 e. The molecule has 0 unspecified atom stereocenters. The van der Waals surface area contributed by atoms with Gasteiger partial charge in [-0.25, -0.2) is 8.78 Å². The van der Waals surface area contributed by atoms with E-state index >= 15 is 4.39 Å². The van der Waals surface area contributed by atoms with Crippen molar-refractivity contribution in [3.05, 3.63) is 35.8 Å². The van der Waals surface area contributed by atoms with Gasteiger partial charge in [-0.1, -0.05) is 47.6 Å². The van der Waals surface area contributed by atoms with Gasteiger partial charge < -0.3 is 9.55 Å². The predicted octanol–water partition coefficient (Wildman–Crippen LogP) is 6.09. The summed E-state index contributed by atoms with van der Waals surface area (Å²) in [5.74, 6) is -0.524. The van der Waals surface area contributed by atoms with Crippen LogP contribution in [-0.4, -0.2) is 24.4 Å². The highest BCUT2D eigenvalue weighted by atomic mass is 28.3. The summed E-state index contributed by atoms with van der Waals surface area (Å²) in [6, 6.07) is 4.44. The molecule has 3 nitrogen and oxygen atoms in total. The summed E-state index contributed by atoms with van der Waals surface area (Å²) in [6.45, 7) is 13.4. The molecule has 1 aliphatic heterocycles. The minimum absolute atomic E-state index is 0.132. The van der Waals surface area contributed by atoms with Crippen LogP contribution < -0.4 is 5.32 Å². The zero-order valence-corrected chi connectivity index (χ0v) is 18.7. The van der Waals surface area contributed by atoms with Gasteiger partial charge in [-0.2, -0.15) is 0 Å². The molecule has 2 heterocycles. The molecule has 1 aromatic heterocycles. The van der Waals surface area contributed by atoms with Gasteiger partial charge in [0.1, 0.15) is 12.0 Å². The molecule has 28 heavy (non-hydrogen) atoms. The number of benzene rings is 1. The van der Waals surface area contributed by atoms with E-state index < -0.39 is 26.3 Å². The van der Waals surface area contributed by atoms with Crippen molar-refractivity contribution in [2.24, 2.45) is 0 Å². The number of alkyl halides is 1. The Morgan fingerprint density at radius 3 is 2.21 bits per heavy atom. The van der Waals surface area contributed by atoms with Crippen LogP contribution in [0.3, 0.4) is 0 Å². The zero-order chi connectivity index (χ0) is 20.8. The van der Waals surface area contributed by atoms with Crippen LogP contribution in [-0.2, 0) is 4.79 Å². The Bertz CT molecular complexity index is 853. The zero-order valence-electron chi connectivity index (χ0n) is 17.7. The largest absolute Gasteiger partial charge is 0.373 e. The van der Waals surface area contributed by atoms with Crippen molar-refractivity contribution in [3.63, 3.8) is 0 Å². The van der Waals surface area contributed by atoms with E-state index in [1.54, 1.807) is 6.07 Å². The summed E-state index contributed by atoms with van der Waals surface area (Å²) in [5, 5.41) is 3.09. The van der Waals surface area contributed by atoms with Gasteiger partial charge in [-0.15, -0.1) is 0 Å². The highest BCUT2D eigenvalue weighted by Gasteiger charge is 2.46. The number of nitrogens with one attached hydrogen (secondary N) is 1. The standard InChI is InChI=1S/C22H32F2N2OSi/c1-13(2)28(14(3)4,15(5)6)26-12-16(21-17(23)8-7-9-19(21)26)22(24)18-10-11-20(27)25-18/h7-9,12-15,18,22H,10-11H2,1-6H3,(H,25,27)/t18-,22-/m0/s1. The SMILES string of the molecule is CC(C)[Si](C(C)C)(C(C)C)n1cc([C@H](F)[C@@H]2CCC(=O)N2)c2c(F)cccc21. The average Bonchev–Trinajstić information content (AvgIpc) is 3.19. The van der Waals surface area contributed by atoms with E-state index in [2.05, 4.69) is 51.1 Å². The van der Waals surface area contributed by atoms with Crippen LogP contribution in [0.4, 0.5) is 8.78 Å². The first-order valence-electron chi connectivity index (χ1n) is 10.4. The molecule has 0 aliphatic carbocycles. The van der Waals surface area contributed by atoms with Crippen molar-refractivity contribution >= 4 is 25.0 Å². The molecule has 3 rings (SSSR count). The second-order valence-corrected chi connectivity index (χ2v) is 14.8. The number of fused-ring (bicyclic) bond motifs is 1. The molecule has 0 spiro atoms. The molecule has 0 saturated carbocycles. The first kappa shape index (κ1) is 21.0. The van der Waals surface area contributed by atoms with Crippen LogP contribution in [0.2, 0.25) is 16.6 Å². The van der Waals surface area contributed by atoms with Gasteiger partial charge in [0.2, 0.25) is 5.91 Å². The van der Waals surface area contributed by atoms with E-state index in [9.17, 15) is 9.18 Å². The number of aromatic nitrogens is 1. The third-order valence-corrected chi connectivity index (χ3v) is 13.4. The van der Waals surface area contributed by atoms with E-state index in [0.717, 1.165) is 5.52 Å². The summed E-state index contributed by atoms with van der Waals surface area (Å²) in [6.07, 6.45) is 1.23. The van der Waals surface area contributed by atoms with Crippen molar-refractivity contribution < 1.29 is 13.6 Å². The maximum Gasteiger partial charge on any atom is 0.220 e. The third kappa shape index (κ3) is 3.10. The van der Waals surface area contributed by atoms with Gasteiger partial charge in [-0.3, -0.25) is 4.79 Å². The molecular formula is C22H32F2N2OSi. The molecule has 1 saturated heterocycles. The lowest BCUT2D eigenvalue weighted by Gasteiger charge is -2.44. The molecule has 2 aromatic rings. The molecule has 0 bridgehead atoms. The van der Waals surface area contributed by atoms with Crippen molar-refractivity contribution in [2.45, 2.75) is 83.2 Å². The van der Waals surface area contributed by atoms with Crippen molar-refractivity contribution in [1.29, 1.82) is 0 Å². The normalized spacial score (nSPS) is 19.2. The average molecular weight is 407 g/mol. The fraction of sp³-hybridized carbons (Fsp3) is 0.591. The maximum absolute atomic E-state index is 15.5. The van der Waals surface area contributed by atoms with Gasteiger partial charge in [0.25, 0.3) is 0 Å². The predicted molar refractivity (Wildman–Crippen MR) is 113 cm³/mol. The first-order valence-corrected chi connectivity index (χ1v) is 12.5. The van der Waals surface area contributed by atoms with Crippen molar-refractivity contribution in [3.8, 4) is 0 Å². The lowest BCUT2D eigenvalue weighted by atomic mass is 10.0. The van der Waals surface area contributed by atoms with Crippen LogP contribution in [0.25, 0.3) is 10.9 Å². The Balaban J connectivity index is 2.27. The van der Waals surface area contributed by atoms with Crippen LogP contribution in [0.1, 0.15) is 66.1 Å². The number of hydrogen-bond donors (Lipinski definition) is 1. The van der Waals surface area contributed by atoms with Gasteiger partial charge >= 0.3 is 0 Å². The molecule has 1 N–H and O–H groups in total. The van der Waals surface area contributed by atoms with Gasteiger partial charge in [0.05, 0.1) is 6.04 Å². The molecule has 1 aliphatic rings. The minimum Gasteiger partial charge on any atom is -0.373 e. The summed E-state index contributed by atoms with van der Waals surface area (Å²) < 4.78 is 32.7. The number of halogens is 2. The molecule has 1 fully saturated rings. The fourth-order valence-electron chi connectivity index (χ4n) is 5.71. The number of carbonyl (C=O) groups is 1. The summed E-state index contributed by atoms with van der Waals surface area (Å²) >= 11 is 0. The minimum atomic E-state index is -2.17. The number of amides is 1. The Morgan fingerprint density at radius 1 is 1.11 bits per heavy atom. The van der Waals surface area contributed by atoms with Gasteiger partial charge in [-0.05, 0) is 35.2 Å². The Labute approximate surface area is 167 Å². The van der Waals surface area contributed by atoms with Crippen molar-refractivity contribution in [1.82, 2.24) is 9.55 Å². The third-order valence-electron chi connectivity index (χ3n) is 6.68. The Hall–Kier alpha value is -1.69. The van der Waals surface area contributed by atoms with Crippen LogP contribution in [0, 0.1) is 5.82 Å². The second-order valence-electron chi connectivity index (χ2n) is 9.05. The summed E-state index contributed by atoms with van der Waals surface area (Å²) in [4.78, 5) is 11.6. The van der Waals surface area contributed by atoms with E-state index in [1.807, 2.05) is 12.3 Å². The number of nitrogens with zero attached hydrogens (tertiary/aromatic N) is 1. The van der Waals surface area contributed by atoms with Crippen molar-refractivity contribution in [2.75, 3.05) is 0 Å². The molecule has 1 aromatic carbocycles. The topological polar surface area (TPSA) is 34.0 Å². The van der Waals surface area contributed by atoms with Crippen LogP contribution in [0.5, 0.6) is 0 Å². The quantitative estimate of drug-likeness (QED) is 0.578. The summed E-state index contributed by atoms with van der Waals surface area (Å²) in [7, 11) is -2.17. The molecule has 154 valence electrons. The van der Waals surface area contributed by atoms with Gasteiger partial charge in [0.15, 0.2) is 8.24 Å². The monoisotopic (exact) mass is 406 g/mol. The molecule has 1 amide bonds. The van der Waals surface area contributed by atoms with Crippen LogP contribution >= 0.6 is 0 Å². The van der Waals surface area contributed by atoms with E-state index in [4.69, 9.17) is 0 Å². The number of carbonyl (C=O) groups excluding carboxylic acids is 1. The Morgan fingerprint density at radius 2 is 1.71 bits per heavy atom. The van der Waals surface area contributed by atoms with E-state index in [-0.39, 0.29) is 5.91 Å². The lowest BCUT2D eigenvalue weighted by Crippen LogP contribution is -2.51. The van der Waals surface area contributed by atoms with E-state index in [1.165, 1.54) is 6.07 Å². The Kier molecular flexibility index (Phi) is 5.72. The maximum atomic E-state index is 15.5. The number of rotatable bonds is 6. The molecular weight excluding hydrogens is 374 g/mol. The van der Waals surface area contributed by atoms with Gasteiger partial charge in [0, 0.05) is 29.1 Å². The molecule has 6 heteroatoms. The highest BCUT2D eigenvalue weighted by Crippen LogP contribution is 2.46. The molecule has 2 atom stereocenters. The van der Waals surface area contributed by atoms with E-state index in [0.29, 0.717) is 40.4 Å². The first-order chi connectivity index (χ1) is 13.1. The molecule has 0 radical (unpaired) electrons. The second kappa shape index (κ2) is 7.62. The summed E-state index contributed by atoms with van der Waals surface area (Å²) in [5.41, 5.74) is 2.37. The fourth-order valence-corrected chi connectivity index (χ4v) is 12.3. The number of hydrogen-bond acceptors (Lipinski definition) is 1. The van der Waals surface area contributed by atoms with Crippen LogP contribution in [0.15, 0.2) is 24.4 Å². The highest BCUT2D eigenvalue weighted by molar-refractivity contribution is 6.82.